The zero-order valence-electron chi connectivity index (χ0n) is 10.6. The molecule has 0 spiro atoms. The Labute approximate surface area is 113 Å². The molecule has 0 unspecified atom stereocenters. The van der Waals surface area contributed by atoms with E-state index >= 15 is 0 Å². The van der Waals surface area contributed by atoms with Gasteiger partial charge in [-0.05, 0) is 31.5 Å². The Kier molecular flexibility index (Phi) is 5.91. The lowest BCUT2D eigenvalue weighted by Crippen LogP contribution is -2.24. The van der Waals surface area contributed by atoms with Gasteiger partial charge in [0.25, 0.3) is 0 Å². The van der Waals surface area contributed by atoms with E-state index in [1.165, 1.54) is 12.1 Å². The fourth-order valence-electron chi connectivity index (χ4n) is 1.39. The van der Waals surface area contributed by atoms with Gasteiger partial charge in [-0.2, -0.15) is 0 Å². The highest BCUT2D eigenvalue weighted by atomic mass is 35.5. The standard InChI is InChI=1S/C12H18ClNO3S/c1-3-5-8-14-18(15,16)10-6-7-12(17-4-2)11(13)9-10/h6-7,9,14H,3-5,8H2,1-2H3. The first-order valence-electron chi connectivity index (χ1n) is 5.93. The van der Waals surface area contributed by atoms with Crippen molar-refractivity contribution < 1.29 is 13.2 Å². The Morgan fingerprint density at radius 3 is 2.61 bits per heavy atom. The van der Waals surface area contributed by atoms with Crippen LogP contribution in [0.5, 0.6) is 5.75 Å². The van der Waals surface area contributed by atoms with Crippen molar-refractivity contribution in [2.75, 3.05) is 13.2 Å². The van der Waals surface area contributed by atoms with Crippen LogP contribution in [0.15, 0.2) is 23.1 Å². The lowest BCUT2D eigenvalue weighted by Gasteiger charge is -2.09. The van der Waals surface area contributed by atoms with Gasteiger partial charge in [-0.15, -0.1) is 0 Å². The number of hydrogen-bond acceptors (Lipinski definition) is 3. The molecule has 0 aliphatic rings. The molecule has 0 aliphatic carbocycles. The Morgan fingerprint density at radius 1 is 1.33 bits per heavy atom. The first-order valence-corrected chi connectivity index (χ1v) is 7.79. The van der Waals surface area contributed by atoms with Crippen molar-refractivity contribution in [3.8, 4) is 5.75 Å². The normalized spacial score (nSPS) is 11.5. The first-order chi connectivity index (χ1) is 8.51. The lowest BCUT2D eigenvalue weighted by atomic mass is 10.3. The van der Waals surface area contributed by atoms with Gasteiger partial charge in [0, 0.05) is 6.54 Å². The fraction of sp³-hybridized carbons (Fsp3) is 0.500. The number of sulfonamides is 1. The van der Waals surface area contributed by atoms with E-state index in [0.29, 0.717) is 23.9 Å². The van der Waals surface area contributed by atoms with E-state index in [2.05, 4.69) is 4.72 Å². The number of hydrogen-bond donors (Lipinski definition) is 1. The van der Waals surface area contributed by atoms with E-state index in [4.69, 9.17) is 16.3 Å². The molecule has 0 heterocycles. The highest BCUT2D eigenvalue weighted by molar-refractivity contribution is 7.89. The third-order valence-electron chi connectivity index (χ3n) is 2.34. The molecule has 18 heavy (non-hydrogen) atoms. The first kappa shape index (κ1) is 15.3. The molecule has 6 heteroatoms. The van der Waals surface area contributed by atoms with Crippen LogP contribution in [-0.2, 0) is 10.0 Å². The summed E-state index contributed by atoms with van der Waals surface area (Å²) in [4.78, 5) is 0.159. The molecule has 0 saturated carbocycles. The molecule has 0 radical (unpaired) electrons. The molecule has 0 fully saturated rings. The molecule has 0 bridgehead atoms. The van der Waals surface area contributed by atoms with Gasteiger partial charge in [0.1, 0.15) is 5.75 Å². The van der Waals surface area contributed by atoms with Crippen molar-refractivity contribution in [1.29, 1.82) is 0 Å². The van der Waals surface area contributed by atoms with Crippen LogP contribution in [0.4, 0.5) is 0 Å². The minimum atomic E-state index is -3.48. The second kappa shape index (κ2) is 6.97. The van der Waals surface area contributed by atoms with Crippen LogP contribution < -0.4 is 9.46 Å². The van der Waals surface area contributed by atoms with Gasteiger partial charge in [-0.3, -0.25) is 0 Å². The highest BCUT2D eigenvalue weighted by Crippen LogP contribution is 2.27. The third-order valence-corrected chi connectivity index (χ3v) is 4.09. The molecule has 1 aromatic carbocycles. The topological polar surface area (TPSA) is 55.4 Å². The van der Waals surface area contributed by atoms with Crippen molar-refractivity contribution in [3.05, 3.63) is 23.2 Å². The average Bonchev–Trinajstić information content (AvgIpc) is 2.32. The van der Waals surface area contributed by atoms with E-state index in [1.54, 1.807) is 6.07 Å². The maximum Gasteiger partial charge on any atom is 0.240 e. The molecule has 4 nitrogen and oxygen atoms in total. The summed E-state index contributed by atoms with van der Waals surface area (Å²) in [5.74, 6) is 0.492. The quantitative estimate of drug-likeness (QED) is 0.786. The monoisotopic (exact) mass is 291 g/mol. The summed E-state index contributed by atoms with van der Waals surface area (Å²) >= 11 is 5.96. The molecular weight excluding hydrogens is 274 g/mol. The number of rotatable bonds is 7. The average molecular weight is 292 g/mol. The second-order valence-corrected chi connectivity index (χ2v) is 5.95. The maximum atomic E-state index is 11.9. The van der Waals surface area contributed by atoms with Gasteiger partial charge in [0.2, 0.25) is 10.0 Å². The zero-order chi connectivity index (χ0) is 13.6. The molecular formula is C12H18ClNO3S. The molecule has 0 aliphatic heterocycles. The molecule has 0 amide bonds. The lowest BCUT2D eigenvalue weighted by molar-refractivity contribution is 0.340. The molecule has 1 N–H and O–H groups in total. The van der Waals surface area contributed by atoms with E-state index in [1.807, 2.05) is 13.8 Å². The molecule has 0 saturated heterocycles. The second-order valence-electron chi connectivity index (χ2n) is 3.78. The summed E-state index contributed by atoms with van der Waals surface area (Å²) in [7, 11) is -3.48. The summed E-state index contributed by atoms with van der Waals surface area (Å²) in [5, 5.41) is 0.301. The van der Waals surface area contributed by atoms with Crippen LogP contribution in [0.1, 0.15) is 26.7 Å². The third kappa shape index (κ3) is 4.15. The van der Waals surface area contributed by atoms with Crippen LogP contribution in [0.2, 0.25) is 5.02 Å². The molecule has 1 rings (SSSR count). The molecule has 0 aromatic heterocycles. The summed E-state index contributed by atoms with van der Waals surface area (Å²) in [6.45, 7) is 4.76. The minimum absolute atomic E-state index is 0.159. The van der Waals surface area contributed by atoms with E-state index < -0.39 is 10.0 Å². The molecule has 1 aromatic rings. The van der Waals surface area contributed by atoms with Crippen molar-refractivity contribution in [2.24, 2.45) is 0 Å². The van der Waals surface area contributed by atoms with Gasteiger partial charge in [-0.1, -0.05) is 24.9 Å². The van der Waals surface area contributed by atoms with Crippen LogP contribution in [0, 0.1) is 0 Å². The minimum Gasteiger partial charge on any atom is -0.492 e. The van der Waals surface area contributed by atoms with Crippen molar-refractivity contribution in [1.82, 2.24) is 4.72 Å². The van der Waals surface area contributed by atoms with E-state index in [0.717, 1.165) is 12.8 Å². The number of benzene rings is 1. The predicted octanol–water partition coefficient (Wildman–Crippen LogP) is 2.82. The van der Waals surface area contributed by atoms with Crippen LogP contribution in [0.25, 0.3) is 0 Å². The Balaban J connectivity index is 2.86. The maximum absolute atomic E-state index is 11.9. The van der Waals surface area contributed by atoms with Crippen LogP contribution >= 0.6 is 11.6 Å². The smallest absolute Gasteiger partial charge is 0.240 e. The fourth-order valence-corrected chi connectivity index (χ4v) is 2.79. The number of halogens is 1. The van der Waals surface area contributed by atoms with Gasteiger partial charge in [0.05, 0.1) is 16.5 Å². The van der Waals surface area contributed by atoms with E-state index in [-0.39, 0.29) is 4.90 Å². The molecule has 0 atom stereocenters. The van der Waals surface area contributed by atoms with Crippen molar-refractivity contribution in [3.63, 3.8) is 0 Å². The Hall–Kier alpha value is -0.780. The number of ether oxygens (including phenoxy) is 1. The van der Waals surface area contributed by atoms with Gasteiger partial charge >= 0.3 is 0 Å². The number of unbranched alkanes of at least 4 members (excludes halogenated alkanes) is 1. The summed E-state index contributed by atoms with van der Waals surface area (Å²) in [5.41, 5.74) is 0. The van der Waals surface area contributed by atoms with Crippen molar-refractivity contribution in [2.45, 2.75) is 31.6 Å². The highest BCUT2D eigenvalue weighted by Gasteiger charge is 2.15. The molecule has 102 valence electrons. The van der Waals surface area contributed by atoms with Crippen LogP contribution in [-0.4, -0.2) is 21.6 Å². The SMILES string of the molecule is CCCCNS(=O)(=O)c1ccc(OCC)c(Cl)c1. The van der Waals surface area contributed by atoms with Gasteiger partial charge < -0.3 is 4.74 Å². The number of nitrogens with one attached hydrogen (secondary N) is 1. The summed E-state index contributed by atoms with van der Waals surface area (Å²) in [6.07, 6.45) is 1.75. The largest absolute Gasteiger partial charge is 0.492 e. The van der Waals surface area contributed by atoms with Gasteiger partial charge in [-0.25, -0.2) is 13.1 Å². The van der Waals surface area contributed by atoms with Gasteiger partial charge in [0.15, 0.2) is 0 Å². The predicted molar refractivity (Wildman–Crippen MR) is 72.7 cm³/mol. The Morgan fingerprint density at radius 2 is 2.06 bits per heavy atom. The van der Waals surface area contributed by atoms with Crippen LogP contribution in [0.3, 0.4) is 0 Å². The summed E-state index contributed by atoms with van der Waals surface area (Å²) < 4.78 is 31.6. The summed E-state index contributed by atoms with van der Waals surface area (Å²) in [6, 6.07) is 4.46. The van der Waals surface area contributed by atoms with E-state index in [9.17, 15) is 8.42 Å². The zero-order valence-corrected chi connectivity index (χ0v) is 12.1. The Bertz CT molecular complexity index is 488. The van der Waals surface area contributed by atoms with Crippen molar-refractivity contribution >= 4 is 21.6 Å².